The number of methoxy groups -OCH3 is 1. The van der Waals surface area contributed by atoms with Crippen LogP contribution in [0.15, 0.2) is 24.3 Å². The zero-order chi connectivity index (χ0) is 17.7. The number of benzene rings is 1. The molecule has 0 aliphatic heterocycles. The predicted octanol–water partition coefficient (Wildman–Crippen LogP) is 4.49. The van der Waals surface area contributed by atoms with Gasteiger partial charge in [-0.3, -0.25) is 0 Å². The van der Waals surface area contributed by atoms with Crippen molar-refractivity contribution >= 4 is 41.7 Å². The summed E-state index contributed by atoms with van der Waals surface area (Å²) in [6.45, 7) is -2.66. The van der Waals surface area contributed by atoms with Crippen LogP contribution in [-0.2, 0) is 32.2 Å². The number of hydrogen-bond donors (Lipinski definition) is 0. The summed E-state index contributed by atoms with van der Waals surface area (Å²) >= 11 is 17.3. The molecule has 0 saturated heterocycles. The second-order valence-electron chi connectivity index (χ2n) is 4.52. The van der Waals surface area contributed by atoms with Crippen LogP contribution >= 0.6 is 29.9 Å². The van der Waals surface area contributed by atoms with Crippen molar-refractivity contribution in [3.8, 4) is 17.3 Å². The molecule has 10 heteroatoms. The third-order valence-corrected chi connectivity index (χ3v) is 5.68. The minimum absolute atomic E-state index is 0.218. The summed E-state index contributed by atoms with van der Waals surface area (Å²) in [5, 5.41) is 0.944. The third kappa shape index (κ3) is 5.10. The zero-order valence-corrected chi connectivity index (χ0v) is 16.4. The van der Waals surface area contributed by atoms with Crippen molar-refractivity contribution in [2.24, 2.45) is 0 Å². The summed E-state index contributed by atoms with van der Waals surface area (Å²) in [4.78, 5) is 8.76. The van der Waals surface area contributed by atoms with E-state index in [1.54, 1.807) is 31.4 Å². The van der Waals surface area contributed by atoms with Gasteiger partial charge in [0.05, 0.1) is 12.3 Å². The molecule has 0 atom stereocenters. The highest BCUT2D eigenvalue weighted by atomic mass is 35.5. The fourth-order valence-corrected chi connectivity index (χ4v) is 3.19. The lowest BCUT2D eigenvalue weighted by Gasteiger charge is -2.18. The molecule has 1 aromatic heterocycles. The molecule has 0 saturated carbocycles. The lowest BCUT2D eigenvalue weighted by molar-refractivity contribution is 0.181. The van der Waals surface area contributed by atoms with Gasteiger partial charge in [-0.25, -0.2) is 4.98 Å². The average molecular weight is 409 g/mol. The molecule has 0 amide bonds. The van der Waals surface area contributed by atoms with Crippen molar-refractivity contribution in [1.29, 1.82) is 0 Å². The minimum Gasteiger partial charge on any atom is -0.406 e. The molecule has 0 N–H and O–H groups in total. The Balaban J connectivity index is 2.49. The monoisotopic (exact) mass is 408 g/mol. The normalized spacial score (nSPS) is 11.5. The van der Waals surface area contributed by atoms with Crippen LogP contribution in [0.5, 0.6) is 5.88 Å². The van der Waals surface area contributed by atoms with E-state index in [4.69, 9.17) is 53.3 Å². The van der Waals surface area contributed by atoms with E-state index >= 15 is 0 Å². The molecule has 1 heterocycles. The molecule has 0 unspecified atom stereocenters. The third-order valence-electron chi connectivity index (χ3n) is 2.82. The van der Waals surface area contributed by atoms with Crippen LogP contribution in [0.4, 0.5) is 0 Å². The Morgan fingerprint density at radius 3 is 2.17 bits per heavy atom. The van der Waals surface area contributed by atoms with E-state index in [2.05, 4.69) is 9.97 Å². The first-order chi connectivity index (χ1) is 11.4. The number of rotatable bonds is 7. The van der Waals surface area contributed by atoms with E-state index in [0.29, 0.717) is 27.1 Å². The van der Waals surface area contributed by atoms with Crippen molar-refractivity contribution in [3.05, 3.63) is 40.0 Å². The molecule has 1 aromatic carbocycles. The summed E-state index contributed by atoms with van der Waals surface area (Å²) in [5.74, 6) is 0.591. The van der Waals surface area contributed by atoms with Gasteiger partial charge < -0.3 is 18.3 Å². The Labute approximate surface area is 155 Å². The molecule has 0 fully saturated rings. The summed E-state index contributed by atoms with van der Waals surface area (Å²) in [6, 6.07) is 6.63. The maximum Gasteiger partial charge on any atom is 0.381 e. The highest BCUT2D eigenvalue weighted by molar-refractivity contribution is 8.07. The second kappa shape index (κ2) is 8.54. The van der Waals surface area contributed by atoms with Gasteiger partial charge in [0.1, 0.15) is 0 Å². The van der Waals surface area contributed by atoms with Crippen LogP contribution in [0.2, 0.25) is 10.0 Å². The van der Waals surface area contributed by atoms with Gasteiger partial charge in [0.25, 0.3) is 0 Å². The van der Waals surface area contributed by atoms with E-state index in [9.17, 15) is 0 Å². The van der Waals surface area contributed by atoms with Crippen LogP contribution in [0.25, 0.3) is 11.4 Å². The van der Waals surface area contributed by atoms with Crippen LogP contribution in [0, 0.1) is 0 Å². The lowest BCUT2D eigenvalue weighted by Crippen LogP contribution is -2.03. The Bertz CT molecular complexity index is 750. The number of aromatic nitrogens is 2. The van der Waals surface area contributed by atoms with Crippen LogP contribution in [-0.4, -0.2) is 31.3 Å². The highest BCUT2D eigenvalue weighted by Crippen LogP contribution is 2.47. The lowest BCUT2D eigenvalue weighted by atomic mass is 10.2. The number of halogens is 2. The van der Waals surface area contributed by atoms with Gasteiger partial charge in [-0.15, -0.1) is 0 Å². The molecule has 24 heavy (non-hydrogen) atoms. The second-order valence-corrected chi connectivity index (χ2v) is 8.54. The SMILES string of the molecule is COCc1cc(OP(=S)(OC)OC)nc(-c2cc(Cl)cc(Cl)c2)n1. The van der Waals surface area contributed by atoms with Crippen molar-refractivity contribution in [2.75, 3.05) is 21.3 Å². The molecular weight excluding hydrogens is 394 g/mol. The van der Waals surface area contributed by atoms with Gasteiger partial charge >= 0.3 is 6.72 Å². The molecule has 2 aromatic rings. The Kier molecular flexibility index (Phi) is 6.95. The Morgan fingerprint density at radius 1 is 1.00 bits per heavy atom. The van der Waals surface area contributed by atoms with E-state index in [1.165, 1.54) is 14.2 Å². The van der Waals surface area contributed by atoms with Crippen molar-refractivity contribution in [1.82, 2.24) is 9.97 Å². The van der Waals surface area contributed by atoms with Crippen molar-refractivity contribution < 1.29 is 18.3 Å². The molecular formula is C14H15Cl2N2O4PS. The fraction of sp³-hybridized carbons (Fsp3) is 0.286. The van der Waals surface area contributed by atoms with Crippen LogP contribution in [0.1, 0.15) is 5.69 Å². The first-order valence-corrected chi connectivity index (χ1v) is 9.95. The van der Waals surface area contributed by atoms with E-state index in [1.807, 2.05) is 0 Å². The molecule has 6 nitrogen and oxygen atoms in total. The van der Waals surface area contributed by atoms with Gasteiger partial charge in [-0.05, 0) is 18.2 Å². The maximum atomic E-state index is 6.04. The van der Waals surface area contributed by atoms with Gasteiger partial charge in [-0.1, -0.05) is 23.2 Å². The zero-order valence-electron chi connectivity index (χ0n) is 13.2. The standard InChI is InChI=1S/C14H15Cl2N2O4PS/c1-19-8-12-7-13(22-23(24,20-2)21-3)18-14(17-12)9-4-10(15)6-11(16)5-9/h4-7H,8H2,1-3H3. The van der Waals surface area contributed by atoms with E-state index in [0.717, 1.165) is 0 Å². The average Bonchev–Trinajstić information content (AvgIpc) is 2.54. The molecule has 0 aliphatic carbocycles. The predicted molar refractivity (Wildman–Crippen MR) is 97.1 cm³/mol. The topological polar surface area (TPSA) is 62.7 Å². The maximum absolute atomic E-state index is 6.04. The number of ether oxygens (including phenoxy) is 1. The van der Waals surface area contributed by atoms with Crippen molar-refractivity contribution in [2.45, 2.75) is 6.61 Å². The molecule has 0 aliphatic rings. The first kappa shape index (κ1) is 19.5. The van der Waals surface area contributed by atoms with Crippen LogP contribution < -0.4 is 4.52 Å². The van der Waals surface area contributed by atoms with Gasteiger partial charge in [-0.2, -0.15) is 4.98 Å². The van der Waals surface area contributed by atoms with Gasteiger partial charge in [0.15, 0.2) is 5.82 Å². The van der Waals surface area contributed by atoms with Gasteiger partial charge in [0, 0.05) is 54.8 Å². The van der Waals surface area contributed by atoms with E-state index < -0.39 is 6.72 Å². The van der Waals surface area contributed by atoms with E-state index in [-0.39, 0.29) is 12.5 Å². The quantitative estimate of drug-likeness (QED) is 0.625. The summed E-state index contributed by atoms with van der Waals surface area (Å²) in [5.41, 5.74) is 1.24. The fourth-order valence-electron chi connectivity index (χ4n) is 1.82. The largest absolute Gasteiger partial charge is 0.406 e. The molecule has 0 radical (unpaired) electrons. The number of nitrogens with zero attached hydrogens (tertiary/aromatic N) is 2. The summed E-state index contributed by atoms with van der Waals surface area (Å²) in [7, 11) is 4.39. The van der Waals surface area contributed by atoms with Crippen molar-refractivity contribution in [3.63, 3.8) is 0 Å². The molecule has 0 bridgehead atoms. The summed E-state index contributed by atoms with van der Waals surface area (Å²) < 4.78 is 21.0. The number of hydrogen-bond acceptors (Lipinski definition) is 7. The van der Waals surface area contributed by atoms with Gasteiger partial charge in [0.2, 0.25) is 5.88 Å². The molecule has 2 rings (SSSR count). The highest BCUT2D eigenvalue weighted by Gasteiger charge is 2.21. The smallest absolute Gasteiger partial charge is 0.381 e. The molecule has 130 valence electrons. The first-order valence-electron chi connectivity index (χ1n) is 6.63. The Morgan fingerprint density at radius 2 is 1.62 bits per heavy atom. The van der Waals surface area contributed by atoms with Crippen LogP contribution in [0.3, 0.4) is 0 Å². The Hall–Kier alpha value is -0.790. The molecule has 0 spiro atoms. The minimum atomic E-state index is -2.92. The summed E-state index contributed by atoms with van der Waals surface area (Å²) in [6.07, 6.45) is 0.